The average molecular weight is 419 g/mol. The number of hydrogen-bond donors (Lipinski definition) is 0. The Morgan fingerprint density at radius 2 is 2.10 bits per heavy atom. The highest BCUT2D eigenvalue weighted by Crippen LogP contribution is 2.38. The third kappa shape index (κ3) is 4.53. The van der Waals surface area contributed by atoms with Crippen molar-refractivity contribution in [2.24, 2.45) is 0 Å². The van der Waals surface area contributed by atoms with Crippen molar-refractivity contribution in [1.29, 1.82) is 0 Å². The van der Waals surface area contributed by atoms with Crippen LogP contribution in [0.15, 0.2) is 29.3 Å². The molecule has 2 saturated heterocycles. The van der Waals surface area contributed by atoms with E-state index in [4.69, 9.17) is 14.2 Å². The van der Waals surface area contributed by atoms with Gasteiger partial charge in [0.05, 0.1) is 23.5 Å². The van der Waals surface area contributed by atoms with Crippen LogP contribution in [0.25, 0.3) is 0 Å². The lowest BCUT2D eigenvalue weighted by Gasteiger charge is -2.28. The number of benzene rings is 1. The van der Waals surface area contributed by atoms with E-state index < -0.39 is 5.97 Å². The predicted molar refractivity (Wildman–Crippen MR) is 110 cm³/mol. The van der Waals surface area contributed by atoms with E-state index in [1.807, 2.05) is 6.07 Å². The average Bonchev–Trinajstić information content (AvgIpc) is 3.33. The van der Waals surface area contributed by atoms with E-state index in [0.717, 1.165) is 37.4 Å². The molecular formula is C21H26N2O5S. The molecule has 1 unspecified atom stereocenters. The second-order valence-corrected chi connectivity index (χ2v) is 8.16. The summed E-state index contributed by atoms with van der Waals surface area (Å²) < 4.78 is 16.3. The molecule has 1 aromatic carbocycles. The quantitative estimate of drug-likeness (QED) is 0.520. The number of thioether (sulfide) groups is 1. The molecule has 0 aliphatic carbocycles. The van der Waals surface area contributed by atoms with E-state index in [1.54, 1.807) is 11.8 Å². The van der Waals surface area contributed by atoms with Gasteiger partial charge in [0.1, 0.15) is 13.2 Å². The minimum atomic E-state index is -0.398. The molecule has 3 aliphatic heterocycles. The van der Waals surface area contributed by atoms with Crippen LogP contribution in [0, 0.1) is 0 Å². The molecule has 3 heterocycles. The molecule has 0 radical (unpaired) electrons. The van der Waals surface area contributed by atoms with Gasteiger partial charge in [0.2, 0.25) is 5.91 Å². The highest BCUT2D eigenvalue weighted by molar-refractivity contribution is 8.04. The van der Waals surface area contributed by atoms with E-state index in [2.05, 4.69) is 17.0 Å². The lowest BCUT2D eigenvalue weighted by Crippen LogP contribution is -2.35. The third-order valence-corrected chi connectivity index (χ3v) is 6.39. The van der Waals surface area contributed by atoms with Crippen LogP contribution in [0.4, 0.5) is 0 Å². The molecule has 1 aromatic rings. The molecule has 7 nitrogen and oxygen atoms in total. The van der Waals surface area contributed by atoms with Crippen molar-refractivity contribution in [3.63, 3.8) is 0 Å². The largest absolute Gasteiger partial charge is 0.486 e. The van der Waals surface area contributed by atoms with Gasteiger partial charge < -0.3 is 19.1 Å². The van der Waals surface area contributed by atoms with Crippen LogP contribution in [0.3, 0.4) is 0 Å². The number of likely N-dealkylation sites (tertiary alicyclic amines) is 1. The molecule has 0 spiro atoms. The fourth-order valence-corrected chi connectivity index (χ4v) is 4.98. The first-order chi connectivity index (χ1) is 14.2. The standard InChI is InChI=1S/C21H26N2O5S/c1-2-26-21(25)13-20-23(19(24)14-29-20)9-8-22-7-3-4-16(22)15-5-6-17-18(12-15)28-11-10-27-17/h5-6,12-13,16H,2-4,7-11,14H2,1H3/b20-13-. The van der Waals surface area contributed by atoms with Gasteiger partial charge in [-0.3, -0.25) is 9.69 Å². The van der Waals surface area contributed by atoms with Gasteiger partial charge >= 0.3 is 5.97 Å². The van der Waals surface area contributed by atoms with Gasteiger partial charge in [-0.05, 0) is 44.0 Å². The molecule has 8 heteroatoms. The smallest absolute Gasteiger partial charge is 0.333 e. The lowest BCUT2D eigenvalue weighted by molar-refractivity contribution is -0.137. The van der Waals surface area contributed by atoms with Gasteiger partial charge in [-0.1, -0.05) is 17.8 Å². The molecule has 0 aromatic heterocycles. The summed E-state index contributed by atoms with van der Waals surface area (Å²) in [6.45, 7) is 5.58. The topological polar surface area (TPSA) is 68.3 Å². The van der Waals surface area contributed by atoms with Crippen LogP contribution in [0.2, 0.25) is 0 Å². The van der Waals surface area contributed by atoms with E-state index in [9.17, 15) is 9.59 Å². The third-order valence-electron chi connectivity index (χ3n) is 5.36. The molecule has 0 N–H and O–H groups in total. The summed E-state index contributed by atoms with van der Waals surface area (Å²) in [6, 6.07) is 6.48. The molecule has 3 aliphatic rings. The van der Waals surface area contributed by atoms with Crippen LogP contribution in [0.5, 0.6) is 11.5 Å². The van der Waals surface area contributed by atoms with Gasteiger partial charge in [-0.15, -0.1) is 0 Å². The van der Waals surface area contributed by atoms with E-state index in [0.29, 0.717) is 43.2 Å². The summed E-state index contributed by atoms with van der Waals surface area (Å²) in [5, 5.41) is 0.684. The molecule has 1 amide bonds. The van der Waals surface area contributed by atoms with Gasteiger partial charge in [0.25, 0.3) is 0 Å². The normalized spacial score (nSPS) is 23.1. The highest BCUT2D eigenvalue weighted by atomic mass is 32.2. The number of fused-ring (bicyclic) bond motifs is 1. The maximum absolute atomic E-state index is 12.3. The number of nitrogens with zero attached hydrogens (tertiary/aromatic N) is 2. The summed E-state index contributed by atoms with van der Waals surface area (Å²) in [7, 11) is 0. The molecule has 2 fully saturated rings. The zero-order valence-corrected chi connectivity index (χ0v) is 17.4. The van der Waals surface area contributed by atoms with Gasteiger partial charge in [-0.25, -0.2) is 4.79 Å². The zero-order chi connectivity index (χ0) is 20.2. The summed E-state index contributed by atoms with van der Waals surface area (Å²) >= 11 is 1.40. The van der Waals surface area contributed by atoms with Gasteiger partial charge in [0, 0.05) is 19.1 Å². The van der Waals surface area contributed by atoms with Crippen LogP contribution in [-0.4, -0.2) is 66.9 Å². The maximum atomic E-state index is 12.3. The first kappa shape index (κ1) is 20.1. The first-order valence-electron chi connectivity index (χ1n) is 10.1. The second-order valence-electron chi connectivity index (χ2n) is 7.17. The van der Waals surface area contributed by atoms with Crippen molar-refractivity contribution >= 4 is 23.6 Å². The summed E-state index contributed by atoms with van der Waals surface area (Å²) in [5.74, 6) is 1.63. The van der Waals surface area contributed by atoms with E-state index >= 15 is 0 Å². The van der Waals surface area contributed by atoms with Crippen molar-refractivity contribution in [2.75, 3.05) is 45.2 Å². The van der Waals surface area contributed by atoms with Crippen molar-refractivity contribution in [2.45, 2.75) is 25.8 Å². The van der Waals surface area contributed by atoms with Crippen LogP contribution in [-0.2, 0) is 14.3 Å². The van der Waals surface area contributed by atoms with Gasteiger partial charge in [0.15, 0.2) is 11.5 Å². The number of carbonyl (C=O) groups is 2. The minimum absolute atomic E-state index is 0.0422. The van der Waals surface area contributed by atoms with Crippen LogP contribution >= 0.6 is 11.8 Å². The Morgan fingerprint density at radius 3 is 2.93 bits per heavy atom. The number of hydrogen-bond acceptors (Lipinski definition) is 7. The summed E-state index contributed by atoms with van der Waals surface area (Å²) in [5.41, 5.74) is 1.22. The summed E-state index contributed by atoms with van der Waals surface area (Å²) in [6.07, 6.45) is 3.63. The molecule has 4 rings (SSSR count). The fraction of sp³-hybridized carbons (Fsp3) is 0.524. The predicted octanol–water partition coefficient (Wildman–Crippen LogP) is 2.57. The Hall–Kier alpha value is -2.19. The highest BCUT2D eigenvalue weighted by Gasteiger charge is 2.31. The lowest BCUT2D eigenvalue weighted by atomic mass is 10.0. The SMILES string of the molecule is CCOC(=O)/C=C1\SCC(=O)N1CCN1CCCC1c1ccc2c(c1)OCCO2. The number of carbonyl (C=O) groups excluding carboxylic acids is 2. The summed E-state index contributed by atoms with van der Waals surface area (Å²) in [4.78, 5) is 28.2. The molecule has 0 saturated carbocycles. The Balaban J connectivity index is 1.42. The Labute approximate surface area is 175 Å². The number of esters is 1. The maximum Gasteiger partial charge on any atom is 0.333 e. The molecule has 0 bridgehead atoms. The van der Waals surface area contributed by atoms with Gasteiger partial charge in [-0.2, -0.15) is 0 Å². The number of rotatable bonds is 6. The molecular weight excluding hydrogens is 392 g/mol. The number of ether oxygens (including phenoxy) is 3. The van der Waals surface area contributed by atoms with Crippen molar-refractivity contribution in [3.05, 3.63) is 34.9 Å². The first-order valence-corrected chi connectivity index (χ1v) is 11.1. The van der Waals surface area contributed by atoms with Crippen molar-refractivity contribution in [3.8, 4) is 11.5 Å². The van der Waals surface area contributed by atoms with E-state index in [-0.39, 0.29) is 5.91 Å². The number of amides is 1. The molecule has 156 valence electrons. The zero-order valence-electron chi connectivity index (χ0n) is 16.6. The van der Waals surface area contributed by atoms with Crippen molar-refractivity contribution < 1.29 is 23.8 Å². The van der Waals surface area contributed by atoms with Crippen LogP contribution in [0.1, 0.15) is 31.4 Å². The molecule has 1 atom stereocenters. The Kier molecular flexibility index (Phi) is 6.30. The fourth-order valence-electron chi connectivity index (χ4n) is 4.02. The van der Waals surface area contributed by atoms with Crippen molar-refractivity contribution in [1.82, 2.24) is 9.80 Å². The Bertz CT molecular complexity index is 812. The second kappa shape index (κ2) is 9.09. The van der Waals surface area contributed by atoms with Crippen LogP contribution < -0.4 is 9.47 Å². The van der Waals surface area contributed by atoms with E-state index in [1.165, 1.54) is 23.4 Å². The Morgan fingerprint density at radius 1 is 1.28 bits per heavy atom. The monoisotopic (exact) mass is 418 g/mol. The molecule has 29 heavy (non-hydrogen) atoms. The minimum Gasteiger partial charge on any atom is -0.486 e.